The third-order valence-electron chi connectivity index (χ3n) is 5.07. The van der Waals surface area contributed by atoms with Crippen LogP contribution in [0.3, 0.4) is 0 Å². The Labute approximate surface area is 177 Å². The number of carbonyl (C=O) groups excluding carboxylic acids is 2. The van der Waals surface area contributed by atoms with E-state index < -0.39 is 18.0 Å². The number of aromatic hydroxyl groups is 2. The summed E-state index contributed by atoms with van der Waals surface area (Å²) >= 11 is 0. The highest BCUT2D eigenvalue weighted by Crippen LogP contribution is 2.21. The zero-order valence-electron chi connectivity index (χ0n) is 17.7. The summed E-state index contributed by atoms with van der Waals surface area (Å²) in [6.45, 7) is 5.83. The molecule has 0 heterocycles. The van der Waals surface area contributed by atoms with E-state index in [0.717, 1.165) is 35.1 Å². The van der Waals surface area contributed by atoms with Gasteiger partial charge in [0.05, 0.1) is 6.04 Å². The fourth-order valence-corrected chi connectivity index (χ4v) is 3.31. The lowest BCUT2D eigenvalue weighted by Crippen LogP contribution is -2.51. The van der Waals surface area contributed by atoms with Crippen molar-refractivity contribution in [3.05, 3.63) is 58.7 Å². The van der Waals surface area contributed by atoms with Crippen LogP contribution in [0.25, 0.3) is 0 Å². The molecule has 30 heavy (non-hydrogen) atoms. The summed E-state index contributed by atoms with van der Waals surface area (Å²) in [5.74, 6) is -0.250. The lowest BCUT2D eigenvalue weighted by Gasteiger charge is -2.19. The second-order valence-corrected chi connectivity index (χ2v) is 7.66. The van der Waals surface area contributed by atoms with E-state index in [2.05, 4.69) is 10.6 Å². The number of amides is 2. The number of hydrogen-bond acceptors (Lipinski definition) is 5. The maximum atomic E-state index is 12.4. The quantitative estimate of drug-likeness (QED) is 0.401. The molecular weight excluding hydrogens is 382 g/mol. The topological polar surface area (TPSA) is 125 Å². The molecule has 2 amide bonds. The normalized spacial score (nSPS) is 12.8. The van der Waals surface area contributed by atoms with Gasteiger partial charge in [0.2, 0.25) is 11.8 Å². The number of benzene rings is 2. The van der Waals surface area contributed by atoms with Crippen LogP contribution in [-0.4, -0.2) is 40.7 Å². The van der Waals surface area contributed by atoms with E-state index in [9.17, 15) is 19.8 Å². The third-order valence-corrected chi connectivity index (χ3v) is 5.07. The predicted molar refractivity (Wildman–Crippen MR) is 116 cm³/mol. The van der Waals surface area contributed by atoms with Crippen LogP contribution >= 0.6 is 0 Å². The van der Waals surface area contributed by atoms with Crippen molar-refractivity contribution < 1.29 is 19.8 Å². The Morgan fingerprint density at radius 3 is 2.20 bits per heavy atom. The van der Waals surface area contributed by atoms with Crippen LogP contribution in [0.15, 0.2) is 36.4 Å². The molecule has 0 unspecified atom stereocenters. The zero-order valence-corrected chi connectivity index (χ0v) is 17.7. The van der Waals surface area contributed by atoms with Crippen molar-refractivity contribution in [3.63, 3.8) is 0 Å². The van der Waals surface area contributed by atoms with Crippen molar-refractivity contribution in [3.8, 4) is 11.5 Å². The molecule has 2 aromatic carbocycles. The van der Waals surface area contributed by atoms with Crippen LogP contribution in [0.2, 0.25) is 0 Å². The van der Waals surface area contributed by atoms with Crippen molar-refractivity contribution in [2.45, 2.75) is 52.1 Å². The maximum absolute atomic E-state index is 12.4. The minimum absolute atomic E-state index is 0.183. The largest absolute Gasteiger partial charge is 0.508 e. The number of phenolic OH excluding ortho intramolecular Hbond substituents is 2. The van der Waals surface area contributed by atoms with Gasteiger partial charge >= 0.3 is 0 Å². The first-order valence-corrected chi connectivity index (χ1v) is 10.1. The summed E-state index contributed by atoms with van der Waals surface area (Å²) in [4.78, 5) is 24.6. The van der Waals surface area contributed by atoms with Gasteiger partial charge < -0.3 is 26.6 Å². The number of carbonyl (C=O) groups is 2. The Morgan fingerprint density at radius 1 is 1.00 bits per heavy atom. The van der Waals surface area contributed by atoms with Gasteiger partial charge in [-0.2, -0.15) is 0 Å². The van der Waals surface area contributed by atoms with Gasteiger partial charge in [-0.1, -0.05) is 12.1 Å². The van der Waals surface area contributed by atoms with E-state index in [1.165, 1.54) is 0 Å². The van der Waals surface area contributed by atoms with Crippen molar-refractivity contribution in [1.29, 1.82) is 0 Å². The van der Waals surface area contributed by atoms with E-state index in [1.54, 1.807) is 31.2 Å². The summed E-state index contributed by atoms with van der Waals surface area (Å²) in [5, 5.41) is 24.4. The van der Waals surface area contributed by atoms with E-state index in [0.29, 0.717) is 13.0 Å². The molecule has 0 saturated carbocycles. The lowest BCUT2D eigenvalue weighted by atomic mass is 9.96. The molecule has 0 aliphatic carbocycles. The van der Waals surface area contributed by atoms with Crippen LogP contribution in [-0.2, 0) is 22.4 Å². The number of rotatable bonds is 9. The van der Waals surface area contributed by atoms with Crippen LogP contribution in [0.5, 0.6) is 11.5 Å². The molecule has 0 aromatic heterocycles. The minimum atomic E-state index is -0.795. The van der Waals surface area contributed by atoms with Gasteiger partial charge in [0.25, 0.3) is 0 Å². The zero-order chi connectivity index (χ0) is 22.3. The average molecular weight is 414 g/mol. The summed E-state index contributed by atoms with van der Waals surface area (Å²) in [7, 11) is 0. The molecule has 0 fully saturated rings. The van der Waals surface area contributed by atoms with Crippen LogP contribution in [0.1, 0.15) is 35.6 Å². The SMILES string of the molecule is Cc1cc(O)cc(C)c1C[C@@H](N)C(=O)N[C@H](C)C(=O)NCCCc1ccc(O)cc1. The molecule has 0 aliphatic rings. The summed E-state index contributed by atoms with van der Waals surface area (Å²) in [6, 6.07) is 8.75. The van der Waals surface area contributed by atoms with Crippen molar-refractivity contribution >= 4 is 11.8 Å². The Balaban J connectivity index is 1.77. The molecule has 2 atom stereocenters. The summed E-state index contributed by atoms with van der Waals surface area (Å²) in [5.41, 5.74) is 9.78. The lowest BCUT2D eigenvalue weighted by molar-refractivity contribution is -0.129. The van der Waals surface area contributed by atoms with Crippen LogP contribution in [0, 0.1) is 13.8 Å². The van der Waals surface area contributed by atoms with E-state index >= 15 is 0 Å². The van der Waals surface area contributed by atoms with Gasteiger partial charge in [-0.05, 0) is 86.6 Å². The Bertz CT molecular complexity index is 858. The molecule has 6 N–H and O–H groups in total. The van der Waals surface area contributed by atoms with E-state index in [1.807, 2.05) is 26.0 Å². The molecular formula is C23H31N3O4. The molecule has 162 valence electrons. The molecule has 0 spiro atoms. The van der Waals surface area contributed by atoms with Crippen molar-refractivity contribution in [1.82, 2.24) is 10.6 Å². The molecule has 0 saturated heterocycles. The maximum Gasteiger partial charge on any atom is 0.242 e. The second-order valence-electron chi connectivity index (χ2n) is 7.66. The fraction of sp³-hybridized carbons (Fsp3) is 0.391. The molecule has 7 nitrogen and oxygen atoms in total. The molecule has 2 aromatic rings. The van der Waals surface area contributed by atoms with Gasteiger partial charge in [0.15, 0.2) is 0 Å². The van der Waals surface area contributed by atoms with Crippen molar-refractivity contribution in [2.24, 2.45) is 5.73 Å². The van der Waals surface area contributed by atoms with Crippen molar-refractivity contribution in [2.75, 3.05) is 6.54 Å². The number of nitrogens with two attached hydrogens (primary N) is 1. The highest BCUT2D eigenvalue weighted by Gasteiger charge is 2.21. The molecule has 0 radical (unpaired) electrons. The molecule has 0 aliphatic heterocycles. The fourth-order valence-electron chi connectivity index (χ4n) is 3.31. The van der Waals surface area contributed by atoms with Crippen LogP contribution < -0.4 is 16.4 Å². The molecule has 0 bridgehead atoms. The summed E-state index contributed by atoms with van der Waals surface area (Å²) in [6.07, 6.45) is 1.85. The van der Waals surface area contributed by atoms with Gasteiger partial charge in [0, 0.05) is 6.54 Å². The highest BCUT2D eigenvalue weighted by molar-refractivity contribution is 5.89. The Hall–Kier alpha value is -3.06. The minimum Gasteiger partial charge on any atom is -0.508 e. The van der Waals surface area contributed by atoms with Gasteiger partial charge in [-0.15, -0.1) is 0 Å². The first-order chi connectivity index (χ1) is 14.2. The summed E-state index contributed by atoms with van der Waals surface area (Å²) < 4.78 is 0. The average Bonchev–Trinajstić information content (AvgIpc) is 2.68. The third kappa shape index (κ3) is 6.77. The number of hydrogen-bond donors (Lipinski definition) is 5. The predicted octanol–water partition coefficient (Wildman–Crippen LogP) is 1.84. The Kier molecular flexibility index (Phi) is 8.24. The Morgan fingerprint density at radius 2 is 1.60 bits per heavy atom. The second kappa shape index (κ2) is 10.6. The first kappa shape index (κ1) is 23.2. The first-order valence-electron chi connectivity index (χ1n) is 10.1. The monoisotopic (exact) mass is 413 g/mol. The van der Waals surface area contributed by atoms with Gasteiger partial charge in [-0.25, -0.2) is 0 Å². The van der Waals surface area contributed by atoms with Gasteiger partial charge in [0.1, 0.15) is 17.5 Å². The van der Waals surface area contributed by atoms with E-state index in [-0.39, 0.29) is 17.4 Å². The number of aryl methyl sites for hydroxylation is 3. The smallest absolute Gasteiger partial charge is 0.242 e. The molecule has 2 rings (SSSR count). The van der Waals surface area contributed by atoms with E-state index in [4.69, 9.17) is 5.73 Å². The highest BCUT2D eigenvalue weighted by atomic mass is 16.3. The molecule has 7 heteroatoms. The number of nitrogens with one attached hydrogen (secondary N) is 2. The standard InChI is InChI=1S/C23H31N3O4/c1-14-11-19(28)12-15(2)20(14)13-21(24)23(30)26-16(3)22(29)25-10-4-5-17-6-8-18(27)9-7-17/h6-9,11-12,16,21,27-28H,4-5,10,13,24H2,1-3H3,(H,25,29)(H,26,30)/t16-,21-/m1/s1. The van der Waals surface area contributed by atoms with Crippen LogP contribution in [0.4, 0.5) is 0 Å². The van der Waals surface area contributed by atoms with Gasteiger partial charge in [-0.3, -0.25) is 9.59 Å². The number of phenols is 2.